The van der Waals surface area contributed by atoms with Crippen LogP contribution in [0.3, 0.4) is 0 Å². The third kappa shape index (κ3) is 6.07. The number of nitrogens with one attached hydrogen (secondary N) is 1. The Morgan fingerprint density at radius 1 is 1.08 bits per heavy atom. The highest BCUT2D eigenvalue weighted by atomic mass is 32.2. The normalized spacial score (nSPS) is 11.5. The summed E-state index contributed by atoms with van der Waals surface area (Å²) in [6, 6.07) is 21.2. The number of aryl methyl sites for hydroxylation is 1. The molecular weight excluding hydrogens is 494 g/mol. The van der Waals surface area contributed by atoms with Crippen LogP contribution < -0.4 is 14.8 Å². The fourth-order valence-corrected chi connectivity index (χ4v) is 4.35. The van der Waals surface area contributed by atoms with Crippen LogP contribution in [0.1, 0.15) is 24.4 Å². The summed E-state index contributed by atoms with van der Waals surface area (Å²) < 4.78 is 13.4. The molecule has 4 rings (SSSR count). The van der Waals surface area contributed by atoms with Crippen LogP contribution in [0.2, 0.25) is 0 Å². The van der Waals surface area contributed by atoms with Crippen LogP contribution in [-0.4, -0.2) is 38.5 Å². The van der Waals surface area contributed by atoms with Gasteiger partial charge in [-0.15, -0.1) is 10.2 Å². The fourth-order valence-electron chi connectivity index (χ4n) is 3.59. The van der Waals surface area contributed by atoms with E-state index in [1.54, 1.807) is 20.1 Å². The van der Waals surface area contributed by atoms with Crippen LogP contribution in [0.25, 0.3) is 5.69 Å². The highest BCUT2D eigenvalue weighted by Gasteiger charge is 2.23. The van der Waals surface area contributed by atoms with Gasteiger partial charge in [0.25, 0.3) is 5.69 Å². The first kappa shape index (κ1) is 25.7. The molecule has 1 heterocycles. The van der Waals surface area contributed by atoms with Gasteiger partial charge in [0.05, 0.1) is 23.5 Å². The molecule has 0 radical (unpaired) electrons. The molecule has 1 N–H and O–H groups in total. The van der Waals surface area contributed by atoms with Crippen molar-refractivity contribution in [2.45, 2.75) is 25.1 Å². The Hall–Kier alpha value is -4.38. The van der Waals surface area contributed by atoms with Crippen LogP contribution in [-0.2, 0) is 4.79 Å². The molecule has 1 unspecified atom stereocenters. The van der Waals surface area contributed by atoms with E-state index in [4.69, 9.17) is 9.47 Å². The van der Waals surface area contributed by atoms with Crippen LogP contribution in [0.5, 0.6) is 11.5 Å². The molecule has 1 atom stereocenters. The Morgan fingerprint density at radius 2 is 1.78 bits per heavy atom. The lowest BCUT2D eigenvalue weighted by molar-refractivity contribution is -0.384. The summed E-state index contributed by atoms with van der Waals surface area (Å²) in [7, 11) is 1.58. The van der Waals surface area contributed by atoms with E-state index in [1.165, 1.54) is 23.9 Å². The summed E-state index contributed by atoms with van der Waals surface area (Å²) in [6.07, 6.45) is -0.486. The van der Waals surface area contributed by atoms with Crippen molar-refractivity contribution < 1.29 is 19.2 Å². The van der Waals surface area contributed by atoms with E-state index in [0.717, 1.165) is 11.3 Å². The third-order valence-electron chi connectivity index (χ3n) is 5.45. The molecule has 190 valence electrons. The zero-order valence-corrected chi connectivity index (χ0v) is 21.3. The molecule has 37 heavy (non-hydrogen) atoms. The van der Waals surface area contributed by atoms with Crippen molar-refractivity contribution >= 4 is 29.0 Å². The molecule has 0 spiro atoms. The Bertz CT molecular complexity index is 1410. The number of carbonyl (C=O) groups is 1. The van der Waals surface area contributed by atoms with Crippen molar-refractivity contribution in [2.24, 2.45) is 0 Å². The largest absolute Gasteiger partial charge is 0.493 e. The second kappa shape index (κ2) is 11.6. The maximum Gasteiger partial charge on any atom is 0.271 e. The molecule has 10 nitrogen and oxygen atoms in total. The van der Waals surface area contributed by atoms with E-state index in [2.05, 4.69) is 15.5 Å². The highest BCUT2D eigenvalue weighted by Crippen LogP contribution is 2.32. The van der Waals surface area contributed by atoms with Crippen LogP contribution in [0.4, 0.5) is 11.4 Å². The van der Waals surface area contributed by atoms with Gasteiger partial charge in [-0.25, -0.2) is 0 Å². The molecule has 0 aliphatic rings. The molecule has 0 bridgehead atoms. The Kier molecular flexibility index (Phi) is 8.04. The quantitative estimate of drug-likeness (QED) is 0.169. The molecule has 0 aliphatic heterocycles. The van der Waals surface area contributed by atoms with E-state index in [1.807, 2.05) is 66.1 Å². The van der Waals surface area contributed by atoms with Crippen molar-refractivity contribution in [3.8, 4) is 17.2 Å². The summed E-state index contributed by atoms with van der Waals surface area (Å²) in [6.45, 7) is 3.63. The first-order valence-electron chi connectivity index (χ1n) is 11.4. The lowest BCUT2D eigenvalue weighted by Crippen LogP contribution is -2.16. The minimum absolute atomic E-state index is 0.0227. The number of nitro benzene ring substituents is 1. The lowest BCUT2D eigenvalue weighted by atomic mass is 10.2. The minimum Gasteiger partial charge on any atom is -0.493 e. The summed E-state index contributed by atoms with van der Waals surface area (Å²) in [5.41, 5.74) is 1.84. The van der Waals surface area contributed by atoms with Gasteiger partial charge in [0.1, 0.15) is 0 Å². The number of ether oxygens (including phenoxy) is 2. The number of carbonyl (C=O) groups excluding carboxylic acids is 1. The monoisotopic (exact) mass is 519 g/mol. The summed E-state index contributed by atoms with van der Waals surface area (Å²) in [5.74, 6) is 1.42. The van der Waals surface area contributed by atoms with Crippen molar-refractivity contribution in [3.63, 3.8) is 0 Å². The number of methoxy groups -OCH3 is 1. The third-order valence-corrected chi connectivity index (χ3v) is 6.38. The predicted molar refractivity (Wildman–Crippen MR) is 141 cm³/mol. The highest BCUT2D eigenvalue weighted by molar-refractivity contribution is 7.99. The molecular formula is C26H25N5O5S. The molecule has 11 heteroatoms. The first-order chi connectivity index (χ1) is 17.9. The van der Waals surface area contributed by atoms with Gasteiger partial charge in [0, 0.05) is 17.8 Å². The van der Waals surface area contributed by atoms with Gasteiger partial charge >= 0.3 is 0 Å². The number of non-ortho nitro benzene ring substituents is 1. The average Bonchev–Trinajstić information content (AvgIpc) is 3.33. The number of benzene rings is 3. The number of para-hydroxylation sites is 3. The SMILES string of the molecule is COc1ccccc1OC(C)c1nnc(SCC(=O)Nc2cc([N+](=O)[O-])ccc2C)n1-c1ccccc1. The van der Waals surface area contributed by atoms with Gasteiger partial charge in [0.2, 0.25) is 5.91 Å². The van der Waals surface area contributed by atoms with Gasteiger partial charge in [-0.3, -0.25) is 19.5 Å². The predicted octanol–water partition coefficient (Wildman–Crippen LogP) is 5.36. The number of rotatable bonds is 10. The zero-order chi connectivity index (χ0) is 26.4. The molecule has 0 fully saturated rings. The van der Waals surface area contributed by atoms with E-state index in [9.17, 15) is 14.9 Å². The van der Waals surface area contributed by atoms with Crippen molar-refractivity contribution in [1.29, 1.82) is 0 Å². The number of anilines is 1. The first-order valence-corrected chi connectivity index (χ1v) is 12.3. The van der Waals surface area contributed by atoms with Crippen molar-refractivity contribution in [1.82, 2.24) is 14.8 Å². The molecule has 0 saturated carbocycles. The number of hydrogen-bond acceptors (Lipinski definition) is 8. The second-order valence-corrected chi connectivity index (χ2v) is 8.96. The molecule has 4 aromatic rings. The summed E-state index contributed by atoms with van der Waals surface area (Å²) in [5, 5.41) is 23.0. The standard InChI is InChI=1S/C26H25N5O5S/c1-17-13-14-20(31(33)34)15-21(17)27-24(32)16-37-26-29-28-25(30(26)19-9-5-4-6-10-19)18(2)36-23-12-8-7-11-22(23)35-3/h4-15,18H,16H2,1-3H3,(H,27,32). The van der Waals surface area contributed by atoms with Gasteiger partial charge in [-0.2, -0.15) is 0 Å². The number of hydrogen-bond donors (Lipinski definition) is 1. The van der Waals surface area contributed by atoms with Crippen molar-refractivity contribution in [3.05, 3.63) is 94.3 Å². The van der Waals surface area contributed by atoms with E-state index in [-0.39, 0.29) is 17.3 Å². The number of nitrogens with zero attached hydrogens (tertiary/aromatic N) is 4. The molecule has 1 amide bonds. The van der Waals surface area contributed by atoms with E-state index < -0.39 is 11.0 Å². The Labute approximate surface area is 217 Å². The molecule has 0 saturated heterocycles. The topological polar surface area (TPSA) is 121 Å². The van der Waals surface area contributed by atoms with Gasteiger partial charge in [0.15, 0.2) is 28.6 Å². The summed E-state index contributed by atoms with van der Waals surface area (Å²) in [4.78, 5) is 23.3. The van der Waals surface area contributed by atoms with Crippen LogP contribution in [0.15, 0.2) is 78.0 Å². The lowest BCUT2D eigenvalue weighted by Gasteiger charge is -2.18. The maximum absolute atomic E-state index is 12.7. The second-order valence-electron chi connectivity index (χ2n) is 8.02. The van der Waals surface area contributed by atoms with Gasteiger partial charge in [-0.05, 0) is 43.7 Å². The van der Waals surface area contributed by atoms with Crippen LogP contribution >= 0.6 is 11.8 Å². The zero-order valence-electron chi connectivity index (χ0n) is 20.5. The molecule has 3 aromatic carbocycles. The number of nitro groups is 1. The number of thioether (sulfide) groups is 1. The van der Waals surface area contributed by atoms with E-state index in [0.29, 0.717) is 28.2 Å². The number of aromatic nitrogens is 3. The fraction of sp³-hybridized carbons (Fsp3) is 0.192. The van der Waals surface area contributed by atoms with Crippen LogP contribution in [0, 0.1) is 17.0 Å². The molecule has 1 aromatic heterocycles. The van der Waals surface area contributed by atoms with Crippen molar-refractivity contribution in [2.75, 3.05) is 18.2 Å². The summed E-state index contributed by atoms with van der Waals surface area (Å²) >= 11 is 1.20. The average molecular weight is 520 g/mol. The number of amides is 1. The van der Waals surface area contributed by atoms with Gasteiger partial charge < -0.3 is 14.8 Å². The van der Waals surface area contributed by atoms with Gasteiger partial charge in [-0.1, -0.05) is 48.2 Å². The van der Waals surface area contributed by atoms with E-state index >= 15 is 0 Å². The Morgan fingerprint density at radius 3 is 2.49 bits per heavy atom. The minimum atomic E-state index is -0.498. The maximum atomic E-state index is 12.7. The Balaban J connectivity index is 1.55. The smallest absolute Gasteiger partial charge is 0.271 e. The molecule has 0 aliphatic carbocycles.